The van der Waals surface area contributed by atoms with Gasteiger partial charge in [0.1, 0.15) is 23.0 Å². The van der Waals surface area contributed by atoms with Gasteiger partial charge in [0.25, 0.3) is 0 Å². The minimum atomic E-state index is 0.174. The molecule has 3 nitrogen and oxygen atoms in total. The van der Waals surface area contributed by atoms with Crippen molar-refractivity contribution in [1.29, 1.82) is 0 Å². The first-order valence-corrected chi connectivity index (χ1v) is 6.26. The number of methoxy groups -OCH3 is 1. The standard InChI is InChI=1S/C16H18O3/c1-12(2)18-14-8-10-16(11-9-14)19-15-6-4-13(17-3)5-7-15/h4-12H,1-3H3. The van der Waals surface area contributed by atoms with Gasteiger partial charge in [-0.25, -0.2) is 0 Å². The van der Waals surface area contributed by atoms with Crippen LogP contribution in [-0.2, 0) is 0 Å². The smallest absolute Gasteiger partial charge is 0.127 e. The molecule has 2 rings (SSSR count). The molecular formula is C16H18O3. The summed E-state index contributed by atoms with van der Waals surface area (Å²) in [5.41, 5.74) is 0. The summed E-state index contributed by atoms with van der Waals surface area (Å²) >= 11 is 0. The maximum absolute atomic E-state index is 5.73. The number of hydrogen-bond donors (Lipinski definition) is 0. The Bertz CT molecular complexity index is 501. The monoisotopic (exact) mass is 258 g/mol. The molecule has 2 aromatic rings. The summed E-state index contributed by atoms with van der Waals surface area (Å²) in [6, 6.07) is 15.1. The van der Waals surface area contributed by atoms with Gasteiger partial charge in [-0.15, -0.1) is 0 Å². The Balaban J connectivity index is 2.02. The average molecular weight is 258 g/mol. The van der Waals surface area contributed by atoms with E-state index in [4.69, 9.17) is 14.2 Å². The Hall–Kier alpha value is -2.16. The Morgan fingerprint density at radius 3 is 1.53 bits per heavy atom. The highest BCUT2D eigenvalue weighted by Gasteiger charge is 2.00. The van der Waals surface area contributed by atoms with E-state index in [0.717, 1.165) is 23.0 Å². The maximum atomic E-state index is 5.73. The van der Waals surface area contributed by atoms with Gasteiger partial charge in [-0.1, -0.05) is 0 Å². The van der Waals surface area contributed by atoms with Gasteiger partial charge in [0, 0.05) is 0 Å². The van der Waals surface area contributed by atoms with Crippen molar-refractivity contribution < 1.29 is 14.2 Å². The second-order valence-corrected chi connectivity index (χ2v) is 4.42. The number of rotatable bonds is 5. The van der Waals surface area contributed by atoms with Gasteiger partial charge in [-0.05, 0) is 62.4 Å². The molecule has 2 aromatic carbocycles. The molecule has 0 amide bonds. The van der Waals surface area contributed by atoms with Crippen LogP contribution < -0.4 is 14.2 Å². The molecule has 0 radical (unpaired) electrons. The Labute approximate surface area is 113 Å². The molecule has 19 heavy (non-hydrogen) atoms. The molecule has 0 aromatic heterocycles. The van der Waals surface area contributed by atoms with Crippen molar-refractivity contribution in [1.82, 2.24) is 0 Å². The summed E-state index contributed by atoms with van der Waals surface area (Å²) < 4.78 is 16.4. The summed E-state index contributed by atoms with van der Waals surface area (Å²) in [6.45, 7) is 4.00. The van der Waals surface area contributed by atoms with Crippen molar-refractivity contribution in [3.63, 3.8) is 0 Å². The lowest BCUT2D eigenvalue weighted by atomic mass is 10.3. The largest absolute Gasteiger partial charge is 0.497 e. The van der Waals surface area contributed by atoms with E-state index in [2.05, 4.69) is 0 Å². The lowest BCUT2D eigenvalue weighted by Crippen LogP contribution is -2.05. The van der Waals surface area contributed by atoms with E-state index >= 15 is 0 Å². The van der Waals surface area contributed by atoms with E-state index in [1.54, 1.807) is 7.11 Å². The first-order valence-electron chi connectivity index (χ1n) is 6.26. The fourth-order valence-electron chi connectivity index (χ4n) is 1.64. The second-order valence-electron chi connectivity index (χ2n) is 4.42. The van der Waals surface area contributed by atoms with Gasteiger partial charge in [-0.3, -0.25) is 0 Å². The Morgan fingerprint density at radius 1 is 0.684 bits per heavy atom. The highest BCUT2D eigenvalue weighted by molar-refractivity contribution is 5.37. The summed E-state index contributed by atoms with van der Waals surface area (Å²) in [5, 5.41) is 0. The fraction of sp³-hybridized carbons (Fsp3) is 0.250. The maximum Gasteiger partial charge on any atom is 0.127 e. The third kappa shape index (κ3) is 3.91. The summed E-state index contributed by atoms with van der Waals surface area (Å²) in [6.07, 6.45) is 0.174. The topological polar surface area (TPSA) is 27.7 Å². The van der Waals surface area contributed by atoms with Crippen LogP contribution >= 0.6 is 0 Å². The third-order valence-corrected chi connectivity index (χ3v) is 2.49. The zero-order valence-electron chi connectivity index (χ0n) is 11.4. The van der Waals surface area contributed by atoms with E-state index in [1.165, 1.54) is 0 Å². The van der Waals surface area contributed by atoms with Gasteiger partial charge < -0.3 is 14.2 Å². The molecule has 0 bridgehead atoms. The predicted molar refractivity (Wildman–Crippen MR) is 75.3 cm³/mol. The van der Waals surface area contributed by atoms with Crippen LogP contribution in [0.2, 0.25) is 0 Å². The minimum absolute atomic E-state index is 0.174. The molecular weight excluding hydrogens is 240 g/mol. The number of benzene rings is 2. The fourth-order valence-corrected chi connectivity index (χ4v) is 1.64. The van der Waals surface area contributed by atoms with Gasteiger partial charge >= 0.3 is 0 Å². The average Bonchev–Trinajstić information content (AvgIpc) is 2.41. The number of hydrogen-bond acceptors (Lipinski definition) is 3. The van der Waals surface area contributed by atoms with Crippen molar-refractivity contribution in [2.45, 2.75) is 20.0 Å². The Kier molecular flexibility index (Phi) is 4.29. The molecule has 0 aliphatic heterocycles. The minimum Gasteiger partial charge on any atom is -0.497 e. The van der Waals surface area contributed by atoms with Crippen LogP contribution in [0.3, 0.4) is 0 Å². The van der Waals surface area contributed by atoms with Gasteiger partial charge in [0.15, 0.2) is 0 Å². The first kappa shape index (κ1) is 13.3. The lowest BCUT2D eigenvalue weighted by molar-refractivity contribution is 0.242. The Morgan fingerprint density at radius 2 is 1.11 bits per heavy atom. The summed E-state index contributed by atoms with van der Waals surface area (Å²) in [4.78, 5) is 0. The van der Waals surface area contributed by atoms with Crippen LogP contribution in [0.25, 0.3) is 0 Å². The normalized spacial score (nSPS) is 10.3. The molecule has 0 heterocycles. The molecule has 0 aliphatic carbocycles. The van der Waals surface area contributed by atoms with Gasteiger partial charge in [-0.2, -0.15) is 0 Å². The van der Waals surface area contributed by atoms with E-state index in [0.29, 0.717) is 0 Å². The summed E-state index contributed by atoms with van der Waals surface area (Å²) in [5.74, 6) is 3.21. The molecule has 3 heteroatoms. The van der Waals surface area contributed by atoms with Gasteiger partial charge in [0.05, 0.1) is 13.2 Å². The molecule has 0 unspecified atom stereocenters. The van der Waals surface area contributed by atoms with Crippen molar-refractivity contribution in [2.75, 3.05) is 7.11 Å². The van der Waals surface area contributed by atoms with Crippen molar-refractivity contribution in [3.05, 3.63) is 48.5 Å². The van der Waals surface area contributed by atoms with Crippen LogP contribution in [0.5, 0.6) is 23.0 Å². The SMILES string of the molecule is COc1ccc(Oc2ccc(OC(C)C)cc2)cc1. The third-order valence-electron chi connectivity index (χ3n) is 2.49. The van der Waals surface area contributed by atoms with Crippen LogP contribution in [0.1, 0.15) is 13.8 Å². The molecule has 0 spiro atoms. The molecule has 0 atom stereocenters. The number of ether oxygens (including phenoxy) is 3. The zero-order valence-corrected chi connectivity index (χ0v) is 11.4. The van der Waals surface area contributed by atoms with Crippen molar-refractivity contribution in [2.24, 2.45) is 0 Å². The summed E-state index contributed by atoms with van der Waals surface area (Å²) in [7, 11) is 1.64. The first-order chi connectivity index (χ1) is 9.17. The molecule has 0 N–H and O–H groups in total. The van der Waals surface area contributed by atoms with E-state index in [1.807, 2.05) is 62.4 Å². The highest BCUT2D eigenvalue weighted by Crippen LogP contribution is 2.25. The van der Waals surface area contributed by atoms with Crippen LogP contribution in [-0.4, -0.2) is 13.2 Å². The molecule has 100 valence electrons. The molecule has 0 saturated heterocycles. The molecule has 0 saturated carbocycles. The van der Waals surface area contributed by atoms with E-state index < -0.39 is 0 Å². The van der Waals surface area contributed by atoms with Crippen LogP contribution in [0, 0.1) is 0 Å². The zero-order chi connectivity index (χ0) is 13.7. The molecule has 0 fully saturated rings. The molecule has 0 aliphatic rings. The highest BCUT2D eigenvalue weighted by atomic mass is 16.5. The van der Waals surface area contributed by atoms with E-state index in [-0.39, 0.29) is 6.10 Å². The predicted octanol–water partition coefficient (Wildman–Crippen LogP) is 4.27. The van der Waals surface area contributed by atoms with Gasteiger partial charge in [0.2, 0.25) is 0 Å². The van der Waals surface area contributed by atoms with Crippen LogP contribution in [0.4, 0.5) is 0 Å². The lowest BCUT2D eigenvalue weighted by Gasteiger charge is -2.10. The van der Waals surface area contributed by atoms with Crippen molar-refractivity contribution in [3.8, 4) is 23.0 Å². The van der Waals surface area contributed by atoms with Crippen LogP contribution in [0.15, 0.2) is 48.5 Å². The quantitative estimate of drug-likeness (QED) is 0.801. The van der Waals surface area contributed by atoms with Crippen molar-refractivity contribution >= 4 is 0 Å². The van der Waals surface area contributed by atoms with E-state index in [9.17, 15) is 0 Å². The second kappa shape index (κ2) is 6.14.